The van der Waals surface area contributed by atoms with Crippen molar-refractivity contribution < 1.29 is 13.2 Å². The second-order valence-corrected chi connectivity index (χ2v) is 10.7. The van der Waals surface area contributed by atoms with E-state index >= 15 is 0 Å². The first kappa shape index (κ1) is 22.8. The number of aryl methyl sites for hydroxylation is 1. The van der Waals surface area contributed by atoms with E-state index < -0.39 is 10.0 Å². The van der Waals surface area contributed by atoms with Crippen LogP contribution in [0.2, 0.25) is 0 Å². The molecule has 11 heteroatoms. The summed E-state index contributed by atoms with van der Waals surface area (Å²) >= 11 is 0. The second-order valence-electron chi connectivity index (χ2n) is 9.17. The van der Waals surface area contributed by atoms with Crippen molar-refractivity contribution >= 4 is 27.4 Å². The van der Waals surface area contributed by atoms with E-state index in [1.807, 2.05) is 19.2 Å². The van der Waals surface area contributed by atoms with Crippen molar-refractivity contribution in [2.24, 2.45) is 10.9 Å². The lowest BCUT2D eigenvalue weighted by molar-refractivity contribution is 0.0601. The molecule has 0 saturated carbocycles. The number of benzene rings is 1. The van der Waals surface area contributed by atoms with E-state index in [0.717, 1.165) is 55.8 Å². The highest BCUT2D eigenvalue weighted by Gasteiger charge is 2.33. The van der Waals surface area contributed by atoms with Crippen LogP contribution in [0.4, 0.5) is 5.82 Å². The number of amides is 1. The monoisotopic (exact) mass is 483 g/mol. The number of nitrogens with zero attached hydrogens (tertiary/aromatic N) is 5. The first-order valence-corrected chi connectivity index (χ1v) is 13.1. The molecule has 180 valence electrons. The second kappa shape index (κ2) is 8.64. The Morgan fingerprint density at radius 3 is 2.68 bits per heavy atom. The maximum absolute atomic E-state index is 13.5. The minimum Gasteiger partial charge on any atom is -0.355 e. The first-order valence-electron chi connectivity index (χ1n) is 11.5. The van der Waals surface area contributed by atoms with Gasteiger partial charge in [-0.15, -0.1) is 0 Å². The lowest BCUT2D eigenvalue weighted by Crippen LogP contribution is -2.39. The summed E-state index contributed by atoms with van der Waals surface area (Å²) in [5, 5.41) is 10.1. The molecule has 0 radical (unpaired) electrons. The van der Waals surface area contributed by atoms with Gasteiger partial charge in [0, 0.05) is 43.5 Å². The van der Waals surface area contributed by atoms with Crippen LogP contribution in [0.5, 0.6) is 0 Å². The summed E-state index contributed by atoms with van der Waals surface area (Å²) in [5.41, 5.74) is 8.63. The van der Waals surface area contributed by atoms with E-state index in [4.69, 9.17) is 21.0 Å². The Hall–Kier alpha value is -3.02. The summed E-state index contributed by atoms with van der Waals surface area (Å²) < 4.78 is 25.9. The van der Waals surface area contributed by atoms with Crippen molar-refractivity contribution in [1.29, 1.82) is 0 Å². The molecule has 3 aromatic rings. The number of anilines is 1. The predicted octanol–water partition coefficient (Wildman–Crippen LogP) is 1.59. The average Bonchev–Trinajstić information content (AvgIpc) is 3.43. The van der Waals surface area contributed by atoms with Gasteiger partial charge in [0.25, 0.3) is 5.91 Å². The van der Waals surface area contributed by atoms with Gasteiger partial charge in [0.2, 0.25) is 10.0 Å². The van der Waals surface area contributed by atoms with Crippen molar-refractivity contribution in [3.05, 3.63) is 53.3 Å². The summed E-state index contributed by atoms with van der Waals surface area (Å²) in [5.74, 6) is 0.549. The van der Waals surface area contributed by atoms with Gasteiger partial charge in [0.05, 0.1) is 22.2 Å². The molecule has 2 unspecified atom stereocenters. The van der Waals surface area contributed by atoms with Crippen molar-refractivity contribution in [1.82, 2.24) is 19.5 Å². The van der Waals surface area contributed by atoms with Gasteiger partial charge < -0.3 is 15.5 Å². The Morgan fingerprint density at radius 1 is 1.15 bits per heavy atom. The van der Waals surface area contributed by atoms with Gasteiger partial charge in [-0.25, -0.2) is 23.1 Å². The summed E-state index contributed by atoms with van der Waals surface area (Å²) in [6, 6.07) is 7.87. The summed E-state index contributed by atoms with van der Waals surface area (Å²) in [6.07, 6.45) is 5.42. The zero-order valence-electron chi connectivity index (χ0n) is 19.1. The quantitative estimate of drug-likeness (QED) is 0.574. The van der Waals surface area contributed by atoms with Gasteiger partial charge in [-0.05, 0) is 44.7 Å². The number of sulfonamides is 1. The molecular formula is C23H29N7O3S. The summed E-state index contributed by atoms with van der Waals surface area (Å²) in [6.45, 7) is 4.17. The minimum atomic E-state index is -4.03. The lowest BCUT2D eigenvalue weighted by atomic mass is 9.98. The molecule has 2 aliphatic heterocycles. The first-order chi connectivity index (χ1) is 16.2. The van der Waals surface area contributed by atoms with Crippen LogP contribution in [-0.4, -0.2) is 59.5 Å². The minimum absolute atomic E-state index is 0.0855. The third kappa shape index (κ3) is 4.15. The molecule has 1 aromatic carbocycles. The van der Waals surface area contributed by atoms with E-state index in [-0.39, 0.29) is 28.4 Å². The largest absolute Gasteiger partial charge is 0.355 e. The van der Waals surface area contributed by atoms with Crippen molar-refractivity contribution in [3.8, 4) is 0 Å². The van der Waals surface area contributed by atoms with E-state index in [1.54, 1.807) is 21.5 Å². The standard InChI is InChI=1S/C23H29N7O3S/c1-15-13-30-21(26-22(15)28-11-9-16(24)14-28)12-18(27-30)19-7-4-5-10-29(19)23(31)17-6-2-3-8-20(17)34(25,32)33/h2-3,6,8,12-13,16,19H,4-5,7,9-11,14,24H2,1H3,(H2,25,32,33). The fourth-order valence-electron chi connectivity index (χ4n) is 5.01. The number of piperidine rings is 1. The van der Waals surface area contributed by atoms with Gasteiger partial charge in [0.15, 0.2) is 5.65 Å². The zero-order valence-corrected chi connectivity index (χ0v) is 19.9. The highest BCUT2D eigenvalue weighted by Crippen LogP contribution is 2.33. The fraction of sp³-hybridized carbons (Fsp3) is 0.435. The molecule has 10 nitrogen and oxygen atoms in total. The van der Waals surface area contributed by atoms with Crippen LogP contribution in [0.3, 0.4) is 0 Å². The summed E-state index contributed by atoms with van der Waals surface area (Å²) in [7, 11) is -4.03. The molecule has 0 aliphatic carbocycles. The predicted molar refractivity (Wildman–Crippen MR) is 128 cm³/mol. The number of hydrogen-bond donors (Lipinski definition) is 2. The van der Waals surface area contributed by atoms with Gasteiger partial charge in [0.1, 0.15) is 5.82 Å². The van der Waals surface area contributed by atoms with Crippen LogP contribution in [0.1, 0.15) is 53.3 Å². The number of carbonyl (C=O) groups excluding carboxylic acids is 1. The molecule has 2 atom stereocenters. The number of aromatic nitrogens is 3. The van der Waals surface area contributed by atoms with Crippen molar-refractivity contribution in [2.45, 2.75) is 49.6 Å². The fourth-order valence-corrected chi connectivity index (χ4v) is 5.74. The van der Waals surface area contributed by atoms with Gasteiger partial charge >= 0.3 is 0 Å². The highest BCUT2D eigenvalue weighted by molar-refractivity contribution is 7.89. The molecule has 34 heavy (non-hydrogen) atoms. The lowest BCUT2D eigenvalue weighted by Gasteiger charge is -2.35. The molecule has 0 spiro atoms. The zero-order chi connectivity index (χ0) is 24.0. The third-order valence-electron chi connectivity index (χ3n) is 6.68. The van der Waals surface area contributed by atoms with Crippen LogP contribution < -0.4 is 15.8 Å². The normalized spacial score (nSPS) is 21.4. The van der Waals surface area contributed by atoms with E-state index in [0.29, 0.717) is 12.2 Å². The van der Waals surface area contributed by atoms with Crippen LogP contribution >= 0.6 is 0 Å². The molecule has 2 saturated heterocycles. The van der Waals surface area contributed by atoms with Gasteiger partial charge in [-0.1, -0.05) is 12.1 Å². The molecule has 2 aliphatic rings. The number of likely N-dealkylation sites (tertiary alicyclic amines) is 1. The molecule has 1 amide bonds. The highest BCUT2D eigenvalue weighted by atomic mass is 32.2. The molecule has 4 N–H and O–H groups in total. The van der Waals surface area contributed by atoms with E-state index in [9.17, 15) is 13.2 Å². The van der Waals surface area contributed by atoms with Crippen LogP contribution in [-0.2, 0) is 10.0 Å². The Morgan fingerprint density at radius 2 is 1.94 bits per heavy atom. The van der Waals surface area contributed by atoms with E-state index in [2.05, 4.69) is 4.90 Å². The topological polar surface area (TPSA) is 140 Å². The maximum atomic E-state index is 13.5. The number of primary sulfonamides is 1. The molecule has 5 rings (SSSR count). The molecular weight excluding hydrogens is 454 g/mol. The van der Waals surface area contributed by atoms with Crippen molar-refractivity contribution in [2.75, 3.05) is 24.5 Å². The van der Waals surface area contributed by atoms with E-state index in [1.165, 1.54) is 12.1 Å². The number of carbonyl (C=O) groups is 1. The van der Waals surface area contributed by atoms with Gasteiger partial charge in [-0.2, -0.15) is 5.10 Å². The Bertz CT molecular complexity index is 1350. The Labute approximate surface area is 198 Å². The number of nitrogens with two attached hydrogens (primary N) is 2. The van der Waals surface area contributed by atoms with Gasteiger partial charge in [-0.3, -0.25) is 4.79 Å². The molecule has 0 bridgehead atoms. The number of rotatable bonds is 4. The Kier molecular flexibility index (Phi) is 5.78. The SMILES string of the molecule is Cc1cn2nc(C3CCCCN3C(=O)c3ccccc3S(N)(=O)=O)cc2nc1N1CCC(N)C1. The average molecular weight is 484 g/mol. The number of hydrogen-bond acceptors (Lipinski definition) is 7. The maximum Gasteiger partial charge on any atom is 0.255 e. The Balaban J connectivity index is 1.50. The van der Waals surface area contributed by atoms with Crippen LogP contribution in [0.25, 0.3) is 5.65 Å². The van der Waals surface area contributed by atoms with Crippen LogP contribution in [0.15, 0.2) is 41.4 Å². The number of fused-ring (bicyclic) bond motifs is 1. The smallest absolute Gasteiger partial charge is 0.255 e. The summed E-state index contributed by atoms with van der Waals surface area (Å²) in [4.78, 5) is 22.1. The third-order valence-corrected chi connectivity index (χ3v) is 7.65. The molecule has 4 heterocycles. The molecule has 2 fully saturated rings. The molecule has 2 aromatic heterocycles. The van der Waals surface area contributed by atoms with Crippen LogP contribution in [0, 0.1) is 6.92 Å². The van der Waals surface area contributed by atoms with Crippen molar-refractivity contribution in [3.63, 3.8) is 0 Å².